The van der Waals surface area contributed by atoms with E-state index in [0.29, 0.717) is 5.75 Å². The maximum atomic E-state index is 13.3. The Morgan fingerprint density at radius 2 is 1.30 bits per heavy atom. The summed E-state index contributed by atoms with van der Waals surface area (Å²) in [6, 6.07) is 7.59. The third kappa shape index (κ3) is 5.43. The van der Waals surface area contributed by atoms with Gasteiger partial charge in [0, 0.05) is 0 Å². The van der Waals surface area contributed by atoms with E-state index >= 15 is 0 Å². The van der Waals surface area contributed by atoms with Crippen LogP contribution < -0.4 is 14.2 Å². The molecule has 0 amide bonds. The number of esters is 2. The maximum Gasteiger partial charge on any atom is 0.316 e. The van der Waals surface area contributed by atoms with Gasteiger partial charge in [0.1, 0.15) is 28.5 Å². The third-order valence-corrected chi connectivity index (χ3v) is 4.05. The van der Waals surface area contributed by atoms with Gasteiger partial charge in [-0.05, 0) is 65.8 Å². The molecule has 30 heavy (non-hydrogen) atoms. The molecule has 1 aromatic carbocycles. The van der Waals surface area contributed by atoms with E-state index in [0.717, 1.165) is 0 Å². The van der Waals surface area contributed by atoms with Gasteiger partial charge in [-0.15, -0.1) is 0 Å². The lowest BCUT2D eigenvalue weighted by Crippen LogP contribution is -2.28. The lowest BCUT2D eigenvalue weighted by atomic mass is 9.97. The van der Waals surface area contributed by atoms with Gasteiger partial charge < -0.3 is 14.2 Å². The minimum absolute atomic E-state index is 0.00301. The molecule has 1 aromatic heterocycles. The zero-order chi connectivity index (χ0) is 22.7. The first-order chi connectivity index (χ1) is 13.8. The molecule has 0 radical (unpaired) electrons. The zero-order valence-corrected chi connectivity index (χ0v) is 18.4. The average molecular weight is 413 g/mol. The SMILES string of the molecule is COc1ccc(C(=O)c2c(OC(=O)C(C)(C)C)cccc2OC(=O)C(C)(C)C)nc1. The average Bonchev–Trinajstić information content (AvgIpc) is 2.66. The second-order valence-electron chi connectivity index (χ2n) is 8.82. The standard InChI is InChI=1S/C23H27NO6/c1-22(2,3)20(26)29-16-9-8-10-17(30-21(27)23(4,5)6)18(16)19(25)15-12-11-14(28-7)13-24-15/h8-13H,1-7H3. The summed E-state index contributed by atoms with van der Waals surface area (Å²) >= 11 is 0. The number of methoxy groups -OCH3 is 1. The van der Waals surface area contributed by atoms with Crippen LogP contribution in [0.3, 0.4) is 0 Å². The second-order valence-corrected chi connectivity index (χ2v) is 8.82. The van der Waals surface area contributed by atoms with Gasteiger partial charge in [0.25, 0.3) is 0 Å². The van der Waals surface area contributed by atoms with Crippen LogP contribution in [-0.4, -0.2) is 29.8 Å². The lowest BCUT2D eigenvalue weighted by molar-refractivity contribution is -0.143. The fraction of sp³-hybridized carbons (Fsp3) is 0.391. The van der Waals surface area contributed by atoms with Crippen LogP contribution in [0, 0.1) is 10.8 Å². The molecule has 1 heterocycles. The van der Waals surface area contributed by atoms with Gasteiger partial charge in [-0.2, -0.15) is 0 Å². The maximum absolute atomic E-state index is 13.3. The molecule has 2 aromatic rings. The summed E-state index contributed by atoms with van der Waals surface area (Å²) in [5, 5.41) is 0. The Balaban J connectivity index is 2.57. The summed E-state index contributed by atoms with van der Waals surface area (Å²) < 4.78 is 16.1. The van der Waals surface area contributed by atoms with Gasteiger partial charge >= 0.3 is 11.9 Å². The van der Waals surface area contributed by atoms with Gasteiger partial charge in [-0.25, -0.2) is 4.98 Å². The van der Waals surface area contributed by atoms with Gasteiger partial charge in [0.05, 0.1) is 24.1 Å². The quantitative estimate of drug-likeness (QED) is 0.412. The van der Waals surface area contributed by atoms with Crippen LogP contribution in [0.4, 0.5) is 0 Å². The summed E-state index contributed by atoms with van der Waals surface area (Å²) in [6.07, 6.45) is 1.40. The Labute approximate surface area is 176 Å². The molecule has 160 valence electrons. The van der Waals surface area contributed by atoms with E-state index in [-0.39, 0.29) is 22.8 Å². The third-order valence-electron chi connectivity index (χ3n) is 4.05. The van der Waals surface area contributed by atoms with Crippen LogP contribution in [0.2, 0.25) is 0 Å². The van der Waals surface area contributed by atoms with E-state index in [1.54, 1.807) is 53.7 Å². The largest absolute Gasteiger partial charge is 0.495 e. The fourth-order valence-electron chi connectivity index (χ4n) is 2.17. The van der Waals surface area contributed by atoms with Crippen molar-refractivity contribution < 1.29 is 28.6 Å². The first-order valence-electron chi connectivity index (χ1n) is 9.47. The van der Waals surface area contributed by atoms with Crippen molar-refractivity contribution in [1.29, 1.82) is 0 Å². The molecule has 0 aliphatic carbocycles. The Hall–Kier alpha value is -3.22. The zero-order valence-electron chi connectivity index (χ0n) is 18.4. The Morgan fingerprint density at radius 1 is 0.800 bits per heavy atom. The van der Waals surface area contributed by atoms with E-state index in [9.17, 15) is 14.4 Å². The normalized spacial score (nSPS) is 11.6. The molecule has 0 spiro atoms. The highest BCUT2D eigenvalue weighted by atomic mass is 16.5. The molecule has 0 aliphatic rings. The number of benzene rings is 1. The summed E-state index contributed by atoms with van der Waals surface area (Å²) in [6.45, 7) is 10.2. The monoisotopic (exact) mass is 413 g/mol. The van der Waals surface area contributed by atoms with Crippen LogP contribution in [0.5, 0.6) is 17.2 Å². The number of ketones is 1. The molecular formula is C23H27NO6. The van der Waals surface area contributed by atoms with Crippen LogP contribution in [0.1, 0.15) is 57.6 Å². The van der Waals surface area contributed by atoms with Crippen molar-refractivity contribution in [3.63, 3.8) is 0 Å². The summed E-state index contributed by atoms with van der Waals surface area (Å²) in [4.78, 5) is 42.3. The number of aromatic nitrogens is 1. The van der Waals surface area contributed by atoms with Gasteiger partial charge in [0.15, 0.2) is 0 Å². The molecule has 0 aliphatic heterocycles. The van der Waals surface area contributed by atoms with E-state index in [1.165, 1.54) is 31.5 Å². The van der Waals surface area contributed by atoms with Crippen molar-refractivity contribution in [3.05, 3.63) is 47.8 Å². The van der Waals surface area contributed by atoms with Crippen molar-refractivity contribution in [3.8, 4) is 17.2 Å². The van der Waals surface area contributed by atoms with E-state index in [4.69, 9.17) is 14.2 Å². The number of nitrogens with zero attached hydrogens (tertiary/aromatic N) is 1. The molecule has 0 N–H and O–H groups in total. The highest BCUT2D eigenvalue weighted by Crippen LogP contribution is 2.33. The molecule has 0 fully saturated rings. The molecular weight excluding hydrogens is 386 g/mol. The topological polar surface area (TPSA) is 91.8 Å². The Bertz CT molecular complexity index is 903. The van der Waals surface area contributed by atoms with Gasteiger partial charge in [0.2, 0.25) is 5.78 Å². The van der Waals surface area contributed by atoms with Crippen LogP contribution in [0.15, 0.2) is 36.5 Å². The summed E-state index contributed by atoms with van der Waals surface area (Å²) in [5.41, 5.74) is -1.55. The predicted octanol–water partition coefficient (Wildman–Crippen LogP) is 4.22. The number of pyridine rings is 1. The molecule has 7 heteroatoms. The van der Waals surface area contributed by atoms with Crippen molar-refractivity contribution in [2.75, 3.05) is 7.11 Å². The molecule has 0 bridgehead atoms. The number of hydrogen-bond donors (Lipinski definition) is 0. The van der Waals surface area contributed by atoms with Gasteiger partial charge in [-0.3, -0.25) is 14.4 Å². The molecule has 0 unspecified atom stereocenters. The predicted molar refractivity (Wildman–Crippen MR) is 111 cm³/mol. The van der Waals surface area contributed by atoms with Crippen molar-refractivity contribution in [2.45, 2.75) is 41.5 Å². The summed E-state index contributed by atoms with van der Waals surface area (Å²) in [7, 11) is 1.49. The molecule has 0 saturated carbocycles. The smallest absolute Gasteiger partial charge is 0.316 e. The minimum atomic E-state index is -0.795. The number of carbonyl (C=O) groups excluding carboxylic acids is 3. The summed E-state index contributed by atoms with van der Waals surface area (Å²) in [5.74, 6) is -1.13. The first kappa shape index (κ1) is 23.1. The van der Waals surface area contributed by atoms with Crippen molar-refractivity contribution in [2.24, 2.45) is 10.8 Å². The van der Waals surface area contributed by atoms with Gasteiger partial charge in [-0.1, -0.05) is 6.07 Å². The van der Waals surface area contributed by atoms with E-state index in [1.807, 2.05) is 0 Å². The molecule has 2 rings (SSSR count). The van der Waals surface area contributed by atoms with Crippen LogP contribution in [0.25, 0.3) is 0 Å². The Kier molecular flexibility index (Phi) is 6.65. The second kappa shape index (κ2) is 8.65. The number of hydrogen-bond acceptors (Lipinski definition) is 7. The molecule has 0 saturated heterocycles. The number of rotatable bonds is 5. The van der Waals surface area contributed by atoms with E-state index in [2.05, 4.69) is 4.98 Å². The minimum Gasteiger partial charge on any atom is -0.495 e. The van der Waals surface area contributed by atoms with Crippen molar-refractivity contribution in [1.82, 2.24) is 4.98 Å². The fourth-order valence-corrected chi connectivity index (χ4v) is 2.17. The van der Waals surface area contributed by atoms with Crippen molar-refractivity contribution >= 4 is 17.7 Å². The first-order valence-corrected chi connectivity index (χ1v) is 9.47. The number of carbonyl (C=O) groups is 3. The van der Waals surface area contributed by atoms with Crippen LogP contribution in [-0.2, 0) is 9.59 Å². The van der Waals surface area contributed by atoms with Crippen LogP contribution >= 0.6 is 0 Å². The Morgan fingerprint density at radius 3 is 1.67 bits per heavy atom. The lowest BCUT2D eigenvalue weighted by Gasteiger charge is -2.21. The van der Waals surface area contributed by atoms with E-state index < -0.39 is 28.6 Å². The molecule has 7 nitrogen and oxygen atoms in total. The number of ether oxygens (including phenoxy) is 3. The molecule has 0 atom stereocenters. The highest BCUT2D eigenvalue weighted by Gasteiger charge is 2.30. The highest BCUT2D eigenvalue weighted by molar-refractivity contribution is 6.12.